The Bertz CT molecular complexity index is 1160. The van der Waals surface area contributed by atoms with Crippen LogP contribution in [0.1, 0.15) is 33.3 Å². The van der Waals surface area contributed by atoms with Gasteiger partial charge in [-0.3, -0.25) is 14.2 Å². The summed E-state index contributed by atoms with van der Waals surface area (Å²) in [6.07, 6.45) is 0.448. The van der Waals surface area contributed by atoms with E-state index in [0.29, 0.717) is 37.8 Å². The zero-order valence-corrected chi connectivity index (χ0v) is 20.7. The van der Waals surface area contributed by atoms with E-state index in [2.05, 4.69) is 19.6 Å². The number of aliphatic carboxylic acids is 1. The molecule has 9 heteroatoms. The highest BCUT2D eigenvalue weighted by molar-refractivity contribution is 7.18. The van der Waals surface area contributed by atoms with Crippen LogP contribution in [0.15, 0.2) is 24.3 Å². The smallest absolute Gasteiger partial charge is 0.311 e. The first-order valence-corrected chi connectivity index (χ1v) is 14.8. The van der Waals surface area contributed by atoms with Gasteiger partial charge in [0.2, 0.25) is 0 Å². The Balaban J connectivity index is 2.28. The molecule has 0 aliphatic heterocycles. The molecule has 1 unspecified atom stereocenters. The maximum Gasteiger partial charge on any atom is 0.311 e. The first-order chi connectivity index (χ1) is 14.4. The van der Waals surface area contributed by atoms with Crippen LogP contribution in [0.2, 0.25) is 30.0 Å². The van der Waals surface area contributed by atoms with Gasteiger partial charge in [0.05, 0.1) is 27.8 Å². The largest absolute Gasteiger partial charge is 0.494 e. The number of thiophene rings is 1. The molecule has 0 bridgehead atoms. The lowest BCUT2D eigenvalue weighted by Gasteiger charge is -2.20. The normalized spacial score (nSPS) is 12.9. The summed E-state index contributed by atoms with van der Waals surface area (Å²) in [7, 11) is -0.156. The van der Waals surface area contributed by atoms with Crippen LogP contribution >= 0.6 is 22.9 Å². The predicted molar refractivity (Wildman–Crippen MR) is 125 cm³/mol. The quantitative estimate of drug-likeness (QED) is 0.396. The fraction of sp³-hybridized carbons (Fsp3) is 0.364. The third kappa shape index (κ3) is 4.71. The molecule has 0 aliphatic carbocycles. The highest BCUT2D eigenvalue weighted by Gasteiger charge is 2.31. The van der Waals surface area contributed by atoms with E-state index in [9.17, 15) is 19.1 Å². The number of carboxylic acid groups (broad SMARTS) is 1. The fourth-order valence-corrected chi connectivity index (χ4v) is 5.93. The second-order valence-corrected chi connectivity index (χ2v) is 16.1. The van der Waals surface area contributed by atoms with E-state index in [1.807, 2.05) is 0 Å². The summed E-state index contributed by atoms with van der Waals surface area (Å²) in [5.41, 5.74) is 1.33. The Hall–Kier alpha value is -2.16. The number of ether oxygens (including phenoxy) is 1. The van der Waals surface area contributed by atoms with Gasteiger partial charge in [-0.2, -0.15) is 0 Å². The summed E-state index contributed by atoms with van der Waals surface area (Å²) in [6, 6.07) is 6.76. The molecular weight excluding hydrogens is 457 g/mol. The van der Waals surface area contributed by atoms with E-state index >= 15 is 0 Å². The molecule has 1 aromatic carbocycles. The van der Waals surface area contributed by atoms with Crippen molar-refractivity contribution < 1.29 is 23.8 Å². The van der Waals surface area contributed by atoms with Crippen molar-refractivity contribution in [3.63, 3.8) is 0 Å². The lowest BCUT2D eigenvalue weighted by atomic mass is 9.93. The molecule has 166 valence electrons. The van der Waals surface area contributed by atoms with E-state index in [0.717, 1.165) is 17.4 Å². The van der Waals surface area contributed by atoms with E-state index in [1.54, 1.807) is 19.1 Å². The predicted octanol–water partition coefficient (Wildman–Crippen LogP) is 6.40. The minimum absolute atomic E-state index is 0.00634. The van der Waals surface area contributed by atoms with Crippen molar-refractivity contribution in [2.24, 2.45) is 0 Å². The Kier molecular flexibility index (Phi) is 6.64. The molecule has 0 amide bonds. The number of carbonyl (C=O) groups excluding carboxylic acids is 1. The topological polar surface area (TPSA) is 68.5 Å². The summed E-state index contributed by atoms with van der Waals surface area (Å²) < 4.78 is 21.6. The van der Waals surface area contributed by atoms with Gasteiger partial charge in [0, 0.05) is 25.2 Å². The molecule has 3 aromatic rings. The molecule has 1 N–H and O–H groups in total. The minimum atomic E-state index is -1.51. The summed E-state index contributed by atoms with van der Waals surface area (Å²) in [4.78, 5) is 26.0. The van der Waals surface area contributed by atoms with Gasteiger partial charge in [0.1, 0.15) is 0 Å². The molecule has 0 radical (unpaired) electrons. The lowest BCUT2D eigenvalue weighted by molar-refractivity contribution is -0.138. The molecule has 1 atom stereocenters. The Morgan fingerprint density at radius 1 is 1.29 bits per heavy atom. The Morgan fingerprint density at radius 3 is 2.48 bits per heavy atom. The van der Waals surface area contributed by atoms with E-state index in [4.69, 9.17) is 16.3 Å². The van der Waals surface area contributed by atoms with Crippen LogP contribution in [0, 0.1) is 12.7 Å². The number of halogens is 2. The number of benzene rings is 1. The van der Waals surface area contributed by atoms with Crippen molar-refractivity contribution >= 4 is 53.8 Å². The highest BCUT2D eigenvalue weighted by Crippen LogP contribution is 2.39. The number of hydrogen-bond acceptors (Lipinski definition) is 4. The number of methoxy groups -OCH3 is 1. The minimum Gasteiger partial charge on any atom is -0.494 e. The number of carbonyl (C=O) groups is 2. The maximum atomic E-state index is 14.6. The van der Waals surface area contributed by atoms with Crippen molar-refractivity contribution in [2.45, 2.75) is 44.9 Å². The number of nitrogens with zero attached hydrogens (tertiary/aromatic N) is 1. The molecule has 2 aromatic heterocycles. The number of aromatic nitrogens is 1. The molecule has 0 aliphatic rings. The van der Waals surface area contributed by atoms with E-state index in [-0.39, 0.29) is 11.7 Å². The van der Waals surface area contributed by atoms with Crippen molar-refractivity contribution in [3.05, 3.63) is 50.6 Å². The van der Waals surface area contributed by atoms with Gasteiger partial charge < -0.3 is 9.84 Å². The SMILES string of the molecule is COc1cc2c(C(CC[Si](C)(C)C)C(=O)O)c(C)n(C(=O)c3ccc(Cl)s3)c2cc1F. The van der Waals surface area contributed by atoms with Crippen LogP contribution in [0.4, 0.5) is 4.39 Å². The molecule has 0 fully saturated rings. The van der Waals surface area contributed by atoms with Crippen molar-refractivity contribution in [3.8, 4) is 5.75 Å². The van der Waals surface area contributed by atoms with E-state index in [1.165, 1.54) is 23.8 Å². The van der Waals surface area contributed by atoms with Gasteiger partial charge in [-0.15, -0.1) is 11.3 Å². The van der Waals surface area contributed by atoms with Crippen LogP contribution in [-0.2, 0) is 4.79 Å². The van der Waals surface area contributed by atoms with Crippen molar-refractivity contribution in [1.29, 1.82) is 0 Å². The fourth-order valence-electron chi connectivity index (χ4n) is 3.81. The molecule has 0 spiro atoms. The standard InChI is InChI=1S/C22H25ClFNO4SSi/c1-12-20(13(22(27)28)8-9-31(3,4)5)14-10-17(29-2)15(24)11-16(14)25(12)21(26)18-6-7-19(23)30-18/h6-7,10-11,13H,8-9H2,1-5H3,(H,27,28). The van der Waals surface area contributed by atoms with Crippen LogP contribution in [0.25, 0.3) is 10.9 Å². The molecule has 0 saturated carbocycles. The third-order valence-corrected chi connectivity index (χ3v) is 8.35. The Morgan fingerprint density at radius 2 is 1.97 bits per heavy atom. The number of hydrogen-bond donors (Lipinski definition) is 1. The monoisotopic (exact) mass is 481 g/mol. The number of carboxylic acids is 1. The first-order valence-electron chi connectivity index (χ1n) is 9.86. The van der Waals surface area contributed by atoms with Crippen LogP contribution in [-0.4, -0.2) is 36.7 Å². The first kappa shape index (κ1) is 23.5. The summed E-state index contributed by atoms with van der Waals surface area (Å²) in [5, 5.41) is 10.6. The van der Waals surface area contributed by atoms with Gasteiger partial charge in [-0.1, -0.05) is 37.3 Å². The van der Waals surface area contributed by atoms with Crippen LogP contribution in [0.3, 0.4) is 0 Å². The third-order valence-electron chi connectivity index (χ3n) is 5.34. The van der Waals surface area contributed by atoms with Crippen LogP contribution < -0.4 is 4.74 Å². The number of rotatable bonds is 7. The molecule has 3 rings (SSSR count). The summed E-state index contributed by atoms with van der Waals surface area (Å²) in [6.45, 7) is 8.26. The van der Waals surface area contributed by atoms with Gasteiger partial charge in [0.15, 0.2) is 11.6 Å². The van der Waals surface area contributed by atoms with Crippen LogP contribution in [0.5, 0.6) is 5.75 Å². The summed E-state index contributed by atoms with van der Waals surface area (Å²) >= 11 is 7.13. The second kappa shape index (κ2) is 8.76. The Labute approximate surface area is 190 Å². The highest BCUT2D eigenvalue weighted by atomic mass is 35.5. The molecule has 2 heterocycles. The van der Waals surface area contributed by atoms with Gasteiger partial charge in [-0.05, 0) is 37.1 Å². The molecule has 31 heavy (non-hydrogen) atoms. The van der Waals surface area contributed by atoms with E-state index < -0.39 is 25.8 Å². The molecular formula is C22H25ClFNO4SSi. The van der Waals surface area contributed by atoms with Gasteiger partial charge in [0.25, 0.3) is 5.91 Å². The zero-order valence-electron chi connectivity index (χ0n) is 18.1. The maximum absolute atomic E-state index is 14.6. The van der Waals surface area contributed by atoms with Crippen molar-refractivity contribution in [2.75, 3.05) is 7.11 Å². The van der Waals surface area contributed by atoms with Gasteiger partial charge >= 0.3 is 5.97 Å². The summed E-state index contributed by atoms with van der Waals surface area (Å²) in [5.74, 6) is -2.76. The second-order valence-electron chi connectivity index (χ2n) is 8.74. The van der Waals surface area contributed by atoms with Crippen molar-refractivity contribution in [1.82, 2.24) is 4.57 Å². The molecule has 0 saturated heterocycles. The molecule has 5 nitrogen and oxygen atoms in total. The average Bonchev–Trinajstić information content (AvgIpc) is 3.21. The lowest BCUT2D eigenvalue weighted by Crippen LogP contribution is -2.23. The zero-order chi connectivity index (χ0) is 23.1. The number of fused-ring (bicyclic) bond motifs is 1. The van der Waals surface area contributed by atoms with Gasteiger partial charge in [-0.25, -0.2) is 4.39 Å². The average molecular weight is 482 g/mol.